The van der Waals surface area contributed by atoms with Gasteiger partial charge < -0.3 is 15.2 Å². The Bertz CT molecular complexity index is 686. The highest BCUT2D eigenvalue weighted by Crippen LogP contribution is 2.32. The van der Waals surface area contributed by atoms with Gasteiger partial charge in [0.2, 0.25) is 0 Å². The minimum Gasteiger partial charge on any atom is -0.457 e. The van der Waals surface area contributed by atoms with Crippen molar-refractivity contribution in [3.63, 3.8) is 0 Å². The standard InChI is InChI=1S/C16H14F3NO3/c17-16(18,19)12-4-2-6-14(10-12)23-13-5-1-3-11(9-13)15(22)20-7-8-21/h1-6,9-10,21H,7-8H2,(H,20,22). The molecular formula is C16H14F3NO3. The third-order valence-corrected chi connectivity index (χ3v) is 2.89. The van der Waals surface area contributed by atoms with Crippen LogP contribution in [-0.2, 0) is 6.18 Å². The number of hydrogen-bond acceptors (Lipinski definition) is 3. The minimum atomic E-state index is -4.45. The lowest BCUT2D eigenvalue weighted by Crippen LogP contribution is -2.26. The summed E-state index contributed by atoms with van der Waals surface area (Å²) in [6, 6.07) is 10.5. The molecule has 2 N–H and O–H groups in total. The van der Waals surface area contributed by atoms with Crippen molar-refractivity contribution < 1.29 is 27.8 Å². The maximum Gasteiger partial charge on any atom is 0.416 e. The Kier molecular flexibility index (Phi) is 5.23. The first-order valence-corrected chi connectivity index (χ1v) is 6.74. The van der Waals surface area contributed by atoms with Crippen LogP contribution < -0.4 is 10.1 Å². The predicted molar refractivity (Wildman–Crippen MR) is 77.4 cm³/mol. The molecule has 0 saturated heterocycles. The number of halogens is 3. The number of alkyl halides is 3. The Morgan fingerprint density at radius 1 is 1.09 bits per heavy atom. The monoisotopic (exact) mass is 325 g/mol. The second kappa shape index (κ2) is 7.15. The first-order valence-electron chi connectivity index (χ1n) is 6.74. The molecule has 4 nitrogen and oxygen atoms in total. The van der Waals surface area contributed by atoms with Crippen LogP contribution in [0.1, 0.15) is 15.9 Å². The molecule has 0 radical (unpaired) electrons. The van der Waals surface area contributed by atoms with Crippen LogP contribution in [0.3, 0.4) is 0 Å². The van der Waals surface area contributed by atoms with E-state index in [1.54, 1.807) is 6.07 Å². The average Bonchev–Trinajstić information content (AvgIpc) is 2.52. The number of amides is 1. The van der Waals surface area contributed by atoms with Crippen LogP contribution in [0.2, 0.25) is 0 Å². The van der Waals surface area contributed by atoms with Gasteiger partial charge in [-0.3, -0.25) is 4.79 Å². The van der Waals surface area contributed by atoms with E-state index in [0.29, 0.717) is 0 Å². The van der Waals surface area contributed by atoms with Gasteiger partial charge in [0.15, 0.2) is 0 Å². The molecule has 2 aromatic rings. The van der Waals surface area contributed by atoms with Crippen LogP contribution in [0.15, 0.2) is 48.5 Å². The molecule has 0 saturated carbocycles. The molecule has 0 atom stereocenters. The lowest BCUT2D eigenvalue weighted by atomic mass is 10.2. The van der Waals surface area contributed by atoms with E-state index in [-0.39, 0.29) is 30.2 Å². The third-order valence-electron chi connectivity index (χ3n) is 2.89. The molecule has 7 heteroatoms. The Morgan fingerprint density at radius 2 is 1.74 bits per heavy atom. The van der Waals surface area contributed by atoms with E-state index in [4.69, 9.17) is 9.84 Å². The number of rotatable bonds is 5. The van der Waals surface area contributed by atoms with Crippen molar-refractivity contribution in [2.24, 2.45) is 0 Å². The van der Waals surface area contributed by atoms with Crippen LogP contribution >= 0.6 is 0 Å². The lowest BCUT2D eigenvalue weighted by molar-refractivity contribution is -0.137. The SMILES string of the molecule is O=C(NCCO)c1cccc(Oc2cccc(C(F)(F)F)c2)c1. The smallest absolute Gasteiger partial charge is 0.416 e. The maximum atomic E-state index is 12.7. The Balaban J connectivity index is 2.16. The molecule has 0 heterocycles. The van der Waals surface area contributed by atoms with Crippen LogP contribution in [0.25, 0.3) is 0 Å². The van der Waals surface area contributed by atoms with E-state index >= 15 is 0 Å². The van der Waals surface area contributed by atoms with Crippen LogP contribution in [-0.4, -0.2) is 24.2 Å². The van der Waals surface area contributed by atoms with Gasteiger partial charge in [0, 0.05) is 12.1 Å². The number of nitrogens with one attached hydrogen (secondary N) is 1. The third kappa shape index (κ3) is 4.72. The summed E-state index contributed by atoms with van der Waals surface area (Å²) < 4.78 is 43.4. The summed E-state index contributed by atoms with van der Waals surface area (Å²) in [7, 11) is 0. The zero-order valence-electron chi connectivity index (χ0n) is 11.9. The van der Waals surface area contributed by atoms with Crippen molar-refractivity contribution in [2.75, 3.05) is 13.2 Å². The fourth-order valence-electron chi connectivity index (χ4n) is 1.84. The molecule has 0 aliphatic carbocycles. The van der Waals surface area contributed by atoms with Gasteiger partial charge in [-0.05, 0) is 36.4 Å². The number of carbonyl (C=O) groups excluding carboxylic acids is 1. The van der Waals surface area contributed by atoms with Crippen LogP contribution in [0.5, 0.6) is 11.5 Å². The van der Waals surface area contributed by atoms with Gasteiger partial charge in [0.25, 0.3) is 5.91 Å². The highest BCUT2D eigenvalue weighted by Gasteiger charge is 2.30. The summed E-state index contributed by atoms with van der Waals surface area (Å²) in [5, 5.41) is 11.1. The largest absolute Gasteiger partial charge is 0.457 e. The molecule has 0 aliphatic rings. The van der Waals surface area contributed by atoms with Crippen molar-refractivity contribution >= 4 is 5.91 Å². The van der Waals surface area contributed by atoms with Gasteiger partial charge >= 0.3 is 6.18 Å². The number of aliphatic hydroxyl groups is 1. The van der Waals surface area contributed by atoms with E-state index in [2.05, 4.69) is 5.32 Å². The van der Waals surface area contributed by atoms with E-state index in [0.717, 1.165) is 12.1 Å². The van der Waals surface area contributed by atoms with Crippen molar-refractivity contribution in [3.05, 3.63) is 59.7 Å². The molecule has 0 fully saturated rings. The van der Waals surface area contributed by atoms with Gasteiger partial charge in [0.05, 0.1) is 12.2 Å². The normalized spacial score (nSPS) is 11.1. The molecule has 0 unspecified atom stereocenters. The molecule has 2 rings (SSSR count). The molecule has 1 amide bonds. The van der Waals surface area contributed by atoms with Crippen molar-refractivity contribution in [1.29, 1.82) is 0 Å². The Hall–Kier alpha value is -2.54. The van der Waals surface area contributed by atoms with Crippen LogP contribution in [0, 0.1) is 0 Å². The second-order valence-electron chi connectivity index (χ2n) is 4.63. The molecule has 0 bridgehead atoms. The summed E-state index contributed by atoms with van der Waals surface area (Å²) >= 11 is 0. The summed E-state index contributed by atoms with van der Waals surface area (Å²) in [5.41, 5.74) is -0.533. The average molecular weight is 325 g/mol. The summed E-state index contributed by atoms with van der Waals surface area (Å²) in [6.45, 7) is -0.0797. The van der Waals surface area contributed by atoms with Crippen molar-refractivity contribution in [1.82, 2.24) is 5.32 Å². The molecule has 0 spiro atoms. The topological polar surface area (TPSA) is 58.6 Å². The fraction of sp³-hybridized carbons (Fsp3) is 0.188. The van der Waals surface area contributed by atoms with Gasteiger partial charge in [-0.2, -0.15) is 13.2 Å². The molecule has 0 aliphatic heterocycles. The Morgan fingerprint density at radius 3 is 2.39 bits per heavy atom. The summed E-state index contributed by atoms with van der Waals surface area (Å²) in [5.74, 6) is -0.151. The second-order valence-corrected chi connectivity index (χ2v) is 4.63. The minimum absolute atomic E-state index is 0.0211. The zero-order chi connectivity index (χ0) is 16.9. The van der Waals surface area contributed by atoms with Gasteiger partial charge in [-0.25, -0.2) is 0 Å². The predicted octanol–water partition coefficient (Wildman–Crippen LogP) is 3.22. The van der Waals surface area contributed by atoms with Gasteiger partial charge in [0.1, 0.15) is 11.5 Å². The molecule has 2 aromatic carbocycles. The van der Waals surface area contributed by atoms with Gasteiger partial charge in [-0.1, -0.05) is 12.1 Å². The maximum absolute atomic E-state index is 12.7. The highest BCUT2D eigenvalue weighted by molar-refractivity contribution is 5.94. The number of hydrogen-bond donors (Lipinski definition) is 2. The first-order chi connectivity index (χ1) is 10.9. The zero-order valence-corrected chi connectivity index (χ0v) is 11.9. The van der Waals surface area contributed by atoms with E-state index in [1.807, 2.05) is 0 Å². The fourth-order valence-corrected chi connectivity index (χ4v) is 1.84. The quantitative estimate of drug-likeness (QED) is 0.887. The Labute approximate surface area is 130 Å². The number of aliphatic hydroxyl groups excluding tert-OH is 1. The number of carbonyl (C=O) groups is 1. The first kappa shape index (κ1) is 16.8. The lowest BCUT2D eigenvalue weighted by Gasteiger charge is -2.11. The summed E-state index contributed by atoms with van der Waals surface area (Å²) in [6.07, 6.45) is -4.45. The van der Waals surface area contributed by atoms with Gasteiger partial charge in [-0.15, -0.1) is 0 Å². The molecule has 0 aromatic heterocycles. The number of ether oxygens (including phenoxy) is 1. The van der Waals surface area contributed by atoms with E-state index in [9.17, 15) is 18.0 Å². The van der Waals surface area contributed by atoms with E-state index in [1.165, 1.54) is 30.3 Å². The highest BCUT2D eigenvalue weighted by atomic mass is 19.4. The van der Waals surface area contributed by atoms with Crippen LogP contribution in [0.4, 0.5) is 13.2 Å². The number of benzene rings is 2. The van der Waals surface area contributed by atoms with Crippen molar-refractivity contribution in [3.8, 4) is 11.5 Å². The summed E-state index contributed by atoms with van der Waals surface area (Å²) in [4.78, 5) is 11.8. The van der Waals surface area contributed by atoms with E-state index < -0.39 is 17.6 Å². The van der Waals surface area contributed by atoms with Crippen molar-refractivity contribution in [2.45, 2.75) is 6.18 Å². The molecule has 23 heavy (non-hydrogen) atoms. The molecule has 122 valence electrons. The molecular weight excluding hydrogens is 311 g/mol.